The number of nitrogens with one attached hydrogen (secondary N) is 1. The molecule has 2 aromatic carbocycles. The van der Waals surface area contributed by atoms with Gasteiger partial charge in [0.25, 0.3) is 5.91 Å². The Balaban J connectivity index is 1.67. The van der Waals surface area contributed by atoms with Crippen molar-refractivity contribution in [2.24, 2.45) is 0 Å². The summed E-state index contributed by atoms with van der Waals surface area (Å²) in [4.78, 5) is 32.5. The number of hydrogen-bond donors (Lipinski definition) is 1. The van der Waals surface area contributed by atoms with Crippen LogP contribution >= 0.6 is 0 Å². The van der Waals surface area contributed by atoms with Crippen LogP contribution in [0.15, 0.2) is 65.3 Å². The predicted molar refractivity (Wildman–Crippen MR) is 103 cm³/mol. The van der Waals surface area contributed by atoms with Gasteiger partial charge in [0.1, 0.15) is 11.7 Å². The monoisotopic (exact) mass is 373 g/mol. The lowest BCUT2D eigenvalue weighted by Gasteiger charge is -2.34. The van der Waals surface area contributed by atoms with Gasteiger partial charge in [0.15, 0.2) is 11.6 Å². The number of benzene rings is 2. The Bertz CT molecular complexity index is 1080. The number of hydrogen-bond acceptors (Lipinski definition) is 4. The van der Waals surface area contributed by atoms with Gasteiger partial charge in [0.2, 0.25) is 5.91 Å². The van der Waals surface area contributed by atoms with Crippen LogP contribution in [0.5, 0.6) is 0 Å². The largest absolute Gasteiger partial charge is 0.448 e. The van der Waals surface area contributed by atoms with Crippen molar-refractivity contribution in [3.05, 3.63) is 83.6 Å². The SMILES string of the molecule is Cc1nc(C(=O)N2CC[C@]3(C(=O)Nc4ccccc43)[C@@H]2c2ccccc2)co1. The third kappa shape index (κ3) is 2.24. The van der Waals surface area contributed by atoms with E-state index < -0.39 is 11.5 Å². The van der Waals surface area contributed by atoms with Gasteiger partial charge in [-0.15, -0.1) is 0 Å². The molecule has 0 saturated carbocycles. The average molecular weight is 373 g/mol. The second-order valence-electron chi connectivity index (χ2n) is 7.28. The lowest BCUT2D eigenvalue weighted by Crippen LogP contribution is -2.42. The summed E-state index contributed by atoms with van der Waals surface area (Å²) in [7, 11) is 0. The van der Waals surface area contributed by atoms with Gasteiger partial charge < -0.3 is 14.6 Å². The van der Waals surface area contributed by atoms with Crippen LogP contribution in [0.2, 0.25) is 0 Å². The molecule has 0 aliphatic carbocycles. The fourth-order valence-corrected chi connectivity index (χ4v) is 4.61. The smallest absolute Gasteiger partial charge is 0.276 e. The number of carbonyl (C=O) groups is 2. The zero-order valence-electron chi connectivity index (χ0n) is 15.4. The molecule has 1 N–H and O–H groups in total. The first-order valence-electron chi connectivity index (χ1n) is 9.30. The lowest BCUT2D eigenvalue weighted by molar-refractivity contribution is -0.121. The topological polar surface area (TPSA) is 75.4 Å². The van der Waals surface area contributed by atoms with E-state index in [0.29, 0.717) is 18.9 Å². The van der Waals surface area contributed by atoms with Crippen LogP contribution < -0.4 is 5.32 Å². The highest BCUT2D eigenvalue weighted by Crippen LogP contribution is 2.54. The Morgan fingerprint density at radius 3 is 2.68 bits per heavy atom. The zero-order chi connectivity index (χ0) is 19.3. The Hall–Kier alpha value is -3.41. The van der Waals surface area contributed by atoms with E-state index in [-0.39, 0.29) is 17.5 Å². The van der Waals surface area contributed by atoms with E-state index >= 15 is 0 Å². The van der Waals surface area contributed by atoms with Crippen molar-refractivity contribution < 1.29 is 14.0 Å². The van der Waals surface area contributed by atoms with Crippen molar-refractivity contribution in [3.8, 4) is 0 Å². The van der Waals surface area contributed by atoms with Gasteiger partial charge in [-0.3, -0.25) is 9.59 Å². The number of amides is 2. The lowest BCUT2D eigenvalue weighted by atomic mass is 9.72. The van der Waals surface area contributed by atoms with Crippen LogP contribution in [-0.2, 0) is 10.2 Å². The van der Waals surface area contributed by atoms with E-state index in [1.165, 1.54) is 6.26 Å². The van der Waals surface area contributed by atoms with Gasteiger partial charge in [-0.25, -0.2) is 4.98 Å². The van der Waals surface area contributed by atoms with Crippen LogP contribution in [0.1, 0.15) is 40.0 Å². The number of oxazole rings is 1. The molecule has 1 saturated heterocycles. The third-order valence-electron chi connectivity index (χ3n) is 5.80. The summed E-state index contributed by atoms with van der Waals surface area (Å²) < 4.78 is 5.24. The van der Waals surface area contributed by atoms with E-state index in [2.05, 4.69) is 10.3 Å². The molecule has 6 heteroatoms. The molecule has 1 spiro atoms. The third-order valence-corrected chi connectivity index (χ3v) is 5.80. The molecule has 1 fully saturated rings. The summed E-state index contributed by atoms with van der Waals surface area (Å²) in [5.74, 6) is 0.159. The molecule has 2 aliphatic rings. The predicted octanol–water partition coefficient (Wildman–Crippen LogP) is 3.46. The molecular weight excluding hydrogens is 354 g/mol. The first-order chi connectivity index (χ1) is 13.6. The van der Waals surface area contributed by atoms with Crippen LogP contribution in [0.3, 0.4) is 0 Å². The van der Waals surface area contributed by atoms with Gasteiger partial charge >= 0.3 is 0 Å². The Kier molecular flexibility index (Phi) is 3.62. The molecule has 3 aromatic rings. The molecule has 6 nitrogen and oxygen atoms in total. The van der Waals surface area contributed by atoms with Crippen LogP contribution in [0.25, 0.3) is 0 Å². The van der Waals surface area contributed by atoms with E-state index in [1.807, 2.05) is 54.6 Å². The fourth-order valence-electron chi connectivity index (χ4n) is 4.61. The number of rotatable bonds is 2. The molecule has 0 unspecified atom stereocenters. The van der Waals surface area contributed by atoms with E-state index in [0.717, 1.165) is 16.8 Å². The Labute approximate surface area is 162 Å². The van der Waals surface area contributed by atoms with Crippen molar-refractivity contribution >= 4 is 17.5 Å². The van der Waals surface area contributed by atoms with Crippen molar-refractivity contribution in [1.29, 1.82) is 0 Å². The number of carbonyl (C=O) groups excluding carboxylic acids is 2. The number of fused-ring (bicyclic) bond motifs is 2. The summed E-state index contributed by atoms with van der Waals surface area (Å²) in [5.41, 5.74) is 2.15. The molecule has 140 valence electrons. The summed E-state index contributed by atoms with van der Waals surface area (Å²) in [6.45, 7) is 2.17. The maximum Gasteiger partial charge on any atom is 0.276 e. The number of para-hydroxylation sites is 1. The minimum atomic E-state index is -0.813. The zero-order valence-corrected chi connectivity index (χ0v) is 15.4. The number of nitrogens with zero attached hydrogens (tertiary/aromatic N) is 2. The second kappa shape index (κ2) is 6.05. The highest BCUT2D eigenvalue weighted by Gasteiger charge is 2.59. The van der Waals surface area contributed by atoms with Gasteiger partial charge in [0.05, 0.1) is 6.04 Å². The Morgan fingerprint density at radius 1 is 1.18 bits per heavy atom. The molecular formula is C22H19N3O3. The number of likely N-dealkylation sites (tertiary alicyclic amines) is 1. The molecule has 0 radical (unpaired) electrons. The second-order valence-corrected chi connectivity index (χ2v) is 7.28. The molecule has 0 bridgehead atoms. The maximum absolute atomic E-state index is 13.3. The highest BCUT2D eigenvalue weighted by atomic mass is 16.3. The standard InChI is InChI=1S/C22H19N3O3/c1-14-23-18(13-28-14)20(26)25-12-11-22(19(25)15-7-3-2-4-8-15)16-9-5-6-10-17(16)24-21(22)27/h2-10,13,19H,11-12H2,1H3,(H,24,27)/t19-,22+/m0/s1. The highest BCUT2D eigenvalue weighted by molar-refractivity contribution is 6.08. The van der Waals surface area contributed by atoms with E-state index in [9.17, 15) is 9.59 Å². The first kappa shape index (κ1) is 16.7. The van der Waals surface area contributed by atoms with Crippen molar-refractivity contribution in [2.75, 3.05) is 11.9 Å². The fraction of sp³-hybridized carbons (Fsp3) is 0.227. The molecule has 5 rings (SSSR count). The molecule has 2 atom stereocenters. The summed E-state index contributed by atoms with van der Waals surface area (Å²) >= 11 is 0. The van der Waals surface area contributed by atoms with Crippen LogP contribution in [0, 0.1) is 6.92 Å². The van der Waals surface area contributed by atoms with Crippen molar-refractivity contribution in [1.82, 2.24) is 9.88 Å². The van der Waals surface area contributed by atoms with Crippen molar-refractivity contribution in [2.45, 2.75) is 24.8 Å². The normalized spacial score (nSPS) is 23.1. The van der Waals surface area contributed by atoms with Crippen molar-refractivity contribution in [3.63, 3.8) is 0 Å². The van der Waals surface area contributed by atoms with Gasteiger partial charge in [0, 0.05) is 19.2 Å². The van der Waals surface area contributed by atoms with Gasteiger partial charge in [-0.05, 0) is 23.6 Å². The molecule has 2 amide bonds. The van der Waals surface area contributed by atoms with E-state index in [4.69, 9.17) is 4.42 Å². The van der Waals surface area contributed by atoms with E-state index in [1.54, 1.807) is 11.8 Å². The minimum Gasteiger partial charge on any atom is -0.448 e. The average Bonchev–Trinajstić information content (AvgIpc) is 3.40. The van der Waals surface area contributed by atoms with Crippen LogP contribution in [-0.4, -0.2) is 28.2 Å². The number of aryl methyl sites for hydroxylation is 1. The number of anilines is 1. The summed E-state index contributed by atoms with van der Waals surface area (Å²) in [6.07, 6.45) is 1.94. The van der Waals surface area contributed by atoms with Gasteiger partial charge in [-0.1, -0.05) is 48.5 Å². The first-order valence-corrected chi connectivity index (χ1v) is 9.30. The number of aromatic nitrogens is 1. The molecule has 2 aliphatic heterocycles. The minimum absolute atomic E-state index is 0.0609. The molecule has 1 aromatic heterocycles. The summed E-state index contributed by atoms with van der Waals surface area (Å²) in [5, 5.41) is 3.02. The maximum atomic E-state index is 13.3. The Morgan fingerprint density at radius 2 is 1.93 bits per heavy atom. The molecule has 3 heterocycles. The summed E-state index contributed by atoms with van der Waals surface area (Å²) in [6, 6.07) is 17.1. The molecule has 28 heavy (non-hydrogen) atoms. The van der Waals surface area contributed by atoms with Gasteiger partial charge in [-0.2, -0.15) is 0 Å². The quantitative estimate of drug-likeness (QED) is 0.746. The van der Waals surface area contributed by atoms with Crippen LogP contribution in [0.4, 0.5) is 5.69 Å².